The molecule has 1 heterocycles. The molecule has 0 atom stereocenters. The molecule has 0 saturated heterocycles. The molecule has 0 aliphatic heterocycles. The molecule has 3 rings (SSSR count). The number of nitrogens with zero attached hydrogens (tertiary/aromatic N) is 3. The lowest BCUT2D eigenvalue weighted by Crippen LogP contribution is -2.06. The summed E-state index contributed by atoms with van der Waals surface area (Å²) < 4.78 is 1.56. The molecule has 22 heavy (non-hydrogen) atoms. The van der Waals surface area contributed by atoms with Crippen molar-refractivity contribution < 1.29 is 9.90 Å². The number of hydrogen-bond donors (Lipinski definition) is 1. The molecule has 3 aromatic rings. The Morgan fingerprint density at radius 2 is 1.77 bits per heavy atom. The number of hydrogen-bond acceptors (Lipinski definition) is 3. The Bertz CT molecular complexity index is 815. The van der Waals surface area contributed by atoms with E-state index in [1.165, 1.54) is 0 Å². The Hall–Kier alpha value is -2.66. The van der Waals surface area contributed by atoms with Crippen molar-refractivity contribution in [3.05, 3.63) is 70.9 Å². The van der Waals surface area contributed by atoms with Gasteiger partial charge in [0.05, 0.1) is 11.6 Å². The minimum atomic E-state index is -1.13. The van der Waals surface area contributed by atoms with Gasteiger partial charge in [-0.15, -0.1) is 5.10 Å². The van der Waals surface area contributed by atoms with E-state index in [0.29, 0.717) is 22.8 Å². The number of benzene rings is 2. The molecule has 6 heteroatoms. The standard InChI is InChI=1S/C16H12ClN3O2/c17-13-9-5-4-8-12(13)15-14(16(21)22)18-19-20(15)10-11-6-2-1-3-7-11/h1-9H,10H2,(H,21,22). The smallest absolute Gasteiger partial charge is 0.358 e. The van der Waals surface area contributed by atoms with E-state index in [2.05, 4.69) is 10.3 Å². The summed E-state index contributed by atoms with van der Waals surface area (Å²) in [6.07, 6.45) is 0. The maximum atomic E-state index is 11.4. The number of carboxylic acid groups (broad SMARTS) is 1. The molecular formula is C16H12ClN3O2. The maximum Gasteiger partial charge on any atom is 0.358 e. The van der Waals surface area contributed by atoms with E-state index in [9.17, 15) is 9.90 Å². The van der Waals surface area contributed by atoms with Gasteiger partial charge < -0.3 is 5.11 Å². The molecule has 5 nitrogen and oxygen atoms in total. The number of carboxylic acids is 1. The number of carbonyl (C=O) groups is 1. The van der Waals surface area contributed by atoms with Gasteiger partial charge >= 0.3 is 5.97 Å². The van der Waals surface area contributed by atoms with Crippen LogP contribution in [0.1, 0.15) is 16.1 Å². The molecule has 0 saturated carbocycles. The Morgan fingerprint density at radius 1 is 1.09 bits per heavy atom. The Morgan fingerprint density at radius 3 is 2.45 bits per heavy atom. The summed E-state index contributed by atoms with van der Waals surface area (Å²) in [7, 11) is 0. The van der Waals surface area contributed by atoms with Gasteiger partial charge in [0.15, 0.2) is 5.69 Å². The summed E-state index contributed by atoms with van der Waals surface area (Å²) in [4.78, 5) is 11.4. The summed E-state index contributed by atoms with van der Waals surface area (Å²) in [5, 5.41) is 17.6. The van der Waals surface area contributed by atoms with E-state index in [1.807, 2.05) is 30.3 Å². The van der Waals surface area contributed by atoms with Crippen LogP contribution in [0.4, 0.5) is 0 Å². The van der Waals surface area contributed by atoms with Crippen molar-refractivity contribution in [3.63, 3.8) is 0 Å². The lowest BCUT2D eigenvalue weighted by molar-refractivity contribution is 0.0691. The summed E-state index contributed by atoms with van der Waals surface area (Å²) in [6.45, 7) is 0.418. The highest BCUT2D eigenvalue weighted by molar-refractivity contribution is 6.33. The van der Waals surface area contributed by atoms with Crippen molar-refractivity contribution in [1.82, 2.24) is 15.0 Å². The van der Waals surface area contributed by atoms with E-state index >= 15 is 0 Å². The van der Waals surface area contributed by atoms with E-state index in [0.717, 1.165) is 5.56 Å². The highest BCUT2D eigenvalue weighted by atomic mass is 35.5. The van der Waals surface area contributed by atoms with Gasteiger partial charge in [-0.25, -0.2) is 9.48 Å². The number of aromatic nitrogens is 3. The molecule has 0 unspecified atom stereocenters. The summed E-state index contributed by atoms with van der Waals surface area (Å²) in [5.74, 6) is -1.13. The van der Waals surface area contributed by atoms with Crippen molar-refractivity contribution in [2.75, 3.05) is 0 Å². The first-order valence-corrected chi connectivity index (χ1v) is 7.00. The van der Waals surface area contributed by atoms with Crippen LogP contribution in [0.2, 0.25) is 5.02 Å². The van der Waals surface area contributed by atoms with Crippen LogP contribution in [0.5, 0.6) is 0 Å². The van der Waals surface area contributed by atoms with Crippen LogP contribution in [0, 0.1) is 0 Å². The average Bonchev–Trinajstić information content (AvgIpc) is 2.92. The van der Waals surface area contributed by atoms with Gasteiger partial charge in [0.25, 0.3) is 0 Å². The fourth-order valence-corrected chi connectivity index (χ4v) is 2.47. The van der Waals surface area contributed by atoms with Gasteiger partial charge in [0.1, 0.15) is 5.69 Å². The molecule has 0 amide bonds. The topological polar surface area (TPSA) is 68.0 Å². The van der Waals surface area contributed by atoms with Crippen LogP contribution >= 0.6 is 11.6 Å². The first-order chi connectivity index (χ1) is 10.7. The van der Waals surface area contributed by atoms with Crippen LogP contribution in [0.25, 0.3) is 11.3 Å². The summed E-state index contributed by atoms with van der Waals surface area (Å²) >= 11 is 6.21. The zero-order valence-electron chi connectivity index (χ0n) is 11.5. The average molecular weight is 314 g/mol. The fraction of sp³-hybridized carbons (Fsp3) is 0.0625. The van der Waals surface area contributed by atoms with Crippen LogP contribution in [0.15, 0.2) is 54.6 Å². The highest BCUT2D eigenvalue weighted by Gasteiger charge is 2.22. The molecular weight excluding hydrogens is 302 g/mol. The lowest BCUT2D eigenvalue weighted by Gasteiger charge is -2.09. The Balaban J connectivity index is 2.12. The second kappa shape index (κ2) is 5.99. The van der Waals surface area contributed by atoms with E-state index in [-0.39, 0.29) is 5.69 Å². The zero-order valence-corrected chi connectivity index (χ0v) is 12.2. The van der Waals surface area contributed by atoms with Crippen molar-refractivity contribution in [3.8, 4) is 11.3 Å². The molecule has 0 spiro atoms. The first-order valence-electron chi connectivity index (χ1n) is 6.62. The molecule has 0 aliphatic rings. The third kappa shape index (κ3) is 2.71. The largest absolute Gasteiger partial charge is 0.476 e. The van der Waals surface area contributed by atoms with Crippen molar-refractivity contribution >= 4 is 17.6 Å². The highest BCUT2D eigenvalue weighted by Crippen LogP contribution is 2.29. The minimum absolute atomic E-state index is 0.107. The van der Waals surface area contributed by atoms with Gasteiger partial charge in [-0.05, 0) is 11.6 Å². The maximum absolute atomic E-state index is 11.4. The van der Waals surface area contributed by atoms with Crippen LogP contribution in [0.3, 0.4) is 0 Å². The lowest BCUT2D eigenvalue weighted by atomic mass is 10.1. The summed E-state index contributed by atoms with van der Waals surface area (Å²) in [5.41, 5.74) is 1.89. The van der Waals surface area contributed by atoms with Crippen molar-refractivity contribution in [1.29, 1.82) is 0 Å². The summed E-state index contributed by atoms with van der Waals surface area (Å²) in [6, 6.07) is 16.7. The van der Waals surface area contributed by atoms with Crippen molar-refractivity contribution in [2.24, 2.45) is 0 Å². The van der Waals surface area contributed by atoms with Crippen LogP contribution in [-0.2, 0) is 6.54 Å². The predicted molar refractivity (Wildman–Crippen MR) is 83.0 cm³/mol. The predicted octanol–water partition coefficient (Wildman–Crippen LogP) is 3.35. The van der Waals surface area contributed by atoms with E-state index < -0.39 is 5.97 Å². The molecule has 1 aromatic heterocycles. The van der Waals surface area contributed by atoms with Gasteiger partial charge in [-0.2, -0.15) is 0 Å². The Labute approximate surface area is 131 Å². The number of aromatic carboxylic acids is 1. The van der Waals surface area contributed by atoms with E-state index in [4.69, 9.17) is 11.6 Å². The molecule has 0 aliphatic carbocycles. The van der Waals surface area contributed by atoms with Gasteiger partial charge in [0.2, 0.25) is 0 Å². The number of halogens is 1. The monoisotopic (exact) mass is 313 g/mol. The number of rotatable bonds is 4. The zero-order chi connectivity index (χ0) is 15.5. The first kappa shape index (κ1) is 14.3. The van der Waals surface area contributed by atoms with Gasteiger partial charge in [0, 0.05) is 5.56 Å². The van der Waals surface area contributed by atoms with E-state index in [1.54, 1.807) is 28.9 Å². The minimum Gasteiger partial charge on any atom is -0.476 e. The third-order valence-electron chi connectivity index (χ3n) is 3.24. The van der Waals surface area contributed by atoms with Crippen LogP contribution < -0.4 is 0 Å². The SMILES string of the molecule is O=C(O)c1nnn(Cc2ccccc2)c1-c1ccccc1Cl. The molecule has 0 fully saturated rings. The molecule has 1 N–H and O–H groups in total. The molecule has 110 valence electrons. The normalized spacial score (nSPS) is 10.6. The fourth-order valence-electron chi connectivity index (χ4n) is 2.24. The molecule has 2 aromatic carbocycles. The second-order valence-corrected chi connectivity index (χ2v) is 5.12. The Kier molecular flexibility index (Phi) is 3.89. The second-order valence-electron chi connectivity index (χ2n) is 4.71. The third-order valence-corrected chi connectivity index (χ3v) is 3.57. The van der Waals surface area contributed by atoms with Crippen LogP contribution in [-0.4, -0.2) is 26.1 Å². The molecule has 0 bridgehead atoms. The molecule has 0 radical (unpaired) electrons. The quantitative estimate of drug-likeness (QED) is 0.802. The van der Waals surface area contributed by atoms with Gasteiger partial charge in [-0.1, -0.05) is 65.3 Å². The van der Waals surface area contributed by atoms with Gasteiger partial charge in [-0.3, -0.25) is 0 Å². The van der Waals surface area contributed by atoms with Crippen molar-refractivity contribution in [2.45, 2.75) is 6.54 Å².